The largest absolute Gasteiger partial charge is 0.491 e. The van der Waals surface area contributed by atoms with Crippen LogP contribution in [0.3, 0.4) is 0 Å². The fourth-order valence-corrected chi connectivity index (χ4v) is 4.76. The zero-order valence-electron chi connectivity index (χ0n) is 24.7. The number of nitrogens with zero attached hydrogens (tertiary/aromatic N) is 2. The van der Waals surface area contributed by atoms with Crippen molar-refractivity contribution in [1.29, 1.82) is 0 Å². The molecule has 43 heavy (non-hydrogen) atoms. The van der Waals surface area contributed by atoms with Gasteiger partial charge in [-0.15, -0.1) is 0 Å². The fourth-order valence-electron chi connectivity index (χ4n) is 4.76. The van der Waals surface area contributed by atoms with Crippen LogP contribution in [0, 0.1) is 6.92 Å². The Morgan fingerprint density at radius 2 is 1.67 bits per heavy atom. The van der Waals surface area contributed by atoms with Crippen molar-refractivity contribution in [2.24, 2.45) is 0 Å². The van der Waals surface area contributed by atoms with Crippen LogP contribution >= 0.6 is 0 Å². The number of hydrogen-bond acceptors (Lipinski definition) is 6. The SMILES string of the molecule is Cc1ccccc1OCCN(C)C(=O)[C@@H]1CC(=O)N[C@@H](Cc2ccccc2)C(=O)N(C)CCOc2ccccc2C(=O)N1. The molecule has 10 heteroatoms. The Morgan fingerprint density at radius 1 is 0.977 bits per heavy atom. The van der Waals surface area contributed by atoms with Gasteiger partial charge in [-0.3, -0.25) is 19.2 Å². The van der Waals surface area contributed by atoms with E-state index in [9.17, 15) is 19.2 Å². The first-order valence-corrected chi connectivity index (χ1v) is 14.3. The highest BCUT2D eigenvalue weighted by molar-refractivity contribution is 6.01. The number of carbonyl (C=O) groups is 4. The summed E-state index contributed by atoms with van der Waals surface area (Å²) in [6.07, 6.45) is -0.0978. The summed E-state index contributed by atoms with van der Waals surface area (Å²) < 4.78 is 11.7. The van der Waals surface area contributed by atoms with Crippen molar-refractivity contribution in [2.75, 3.05) is 40.4 Å². The van der Waals surface area contributed by atoms with Crippen molar-refractivity contribution in [3.05, 3.63) is 95.6 Å². The molecule has 3 aromatic carbocycles. The standard InChI is InChI=1S/C33H38N4O6/c1-23-11-7-9-15-28(23)42-19-17-37(3)33(41)27-22-30(38)34-26(21-24-12-5-4-6-13-24)32(40)36(2)18-20-43-29-16-10-8-14-25(29)31(39)35-27/h4-16,26-27H,17-22H2,1-3H3,(H,34,38)(H,35,39)/t26-,27-/m0/s1. The second-order valence-corrected chi connectivity index (χ2v) is 10.5. The Balaban J connectivity index is 1.55. The van der Waals surface area contributed by atoms with Gasteiger partial charge in [-0.1, -0.05) is 60.7 Å². The lowest BCUT2D eigenvalue weighted by Crippen LogP contribution is -2.53. The summed E-state index contributed by atoms with van der Waals surface area (Å²) in [6.45, 7) is 2.75. The number of ether oxygens (including phenoxy) is 2. The first-order chi connectivity index (χ1) is 20.7. The van der Waals surface area contributed by atoms with Gasteiger partial charge in [-0.25, -0.2) is 0 Å². The number of carbonyl (C=O) groups excluding carboxylic acids is 4. The smallest absolute Gasteiger partial charge is 0.255 e. The maximum atomic E-state index is 13.6. The summed E-state index contributed by atoms with van der Waals surface area (Å²) in [5.74, 6) is -0.811. The minimum atomic E-state index is -1.20. The fraction of sp³-hybridized carbons (Fsp3) is 0.333. The van der Waals surface area contributed by atoms with Gasteiger partial charge >= 0.3 is 0 Å². The number of para-hydroxylation sites is 2. The lowest BCUT2D eigenvalue weighted by Gasteiger charge is -2.28. The van der Waals surface area contributed by atoms with Gasteiger partial charge in [0.2, 0.25) is 17.7 Å². The maximum absolute atomic E-state index is 13.6. The highest BCUT2D eigenvalue weighted by Crippen LogP contribution is 2.19. The monoisotopic (exact) mass is 586 g/mol. The molecule has 0 aliphatic carbocycles. The zero-order chi connectivity index (χ0) is 30.8. The molecule has 0 radical (unpaired) electrons. The summed E-state index contributed by atoms with van der Waals surface area (Å²) in [4.78, 5) is 56.7. The molecule has 0 unspecified atom stereocenters. The summed E-state index contributed by atoms with van der Waals surface area (Å²) in [5, 5.41) is 5.54. The highest BCUT2D eigenvalue weighted by atomic mass is 16.5. The predicted octanol–water partition coefficient (Wildman–Crippen LogP) is 2.60. The molecule has 1 heterocycles. The van der Waals surface area contributed by atoms with E-state index in [-0.39, 0.29) is 50.6 Å². The van der Waals surface area contributed by atoms with Crippen molar-refractivity contribution < 1.29 is 28.7 Å². The molecule has 2 atom stereocenters. The van der Waals surface area contributed by atoms with E-state index in [0.29, 0.717) is 11.5 Å². The normalized spacial score (nSPS) is 17.9. The molecule has 0 saturated carbocycles. The van der Waals surface area contributed by atoms with Gasteiger partial charge in [-0.2, -0.15) is 0 Å². The van der Waals surface area contributed by atoms with E-state index in [1.807, 2.05) is 61.5 Å². The van der Waals surface area contributed by atoms with E-state index in [2.05, 4.69) is 10.6 Å². The number of likely N-dealkylation sites (N-methyl/N-ethyl adjacent to an activating group) is 2. The van der Waals surface area contributed by atoms with Crippen LogP contribution in [0.25, 0.3) is 0 Å². The van der Waals surface area contributed by atoms with E-state index in [1.165, 1.54) is 9.80 Å². The van der Waals surface area contributed by atoms with E-state index in [1.54, 1.807) is 38.4 Å². The van der Waals surface area contributed by atoms with Crippen molar-refractivity contribution >= 4 is 23.6 Å². The van der Waals surface area contributed by atoms with E-state index < -0.39 is 29.8 Å². The predicted molar refractivity (Wildman–Crippen MR) is 162 cm³/mol. The van der Waals surface area contributed by atoms with Crippen LogP contribution in [-0.2, 0) is 20.8 Å². The Bertz CT molecular complexity index is 1430. The third kappa shape index (κ3) is 8.57. The zero-order valence-corrected chi connectivity index (χ0v) is 24.7. The molecule has 0 spiro atoms. The number of amides is 4. The minimum absolute atomic E-state index is 0.129. The molecule has 0 aromatic heterocycles. The highest BCUT2D eigenvalue weighted by Gasteiger charge is 2.31. The maximum Gasteiger partial charge on any atom is 0.255 e. The molecule has 4 rings (SSSR count). The molecule has 4 amide bonds. The molecule has 226 valence electrons. The summed E-state index contributed by atoms with van der Waals surface area (Å²) in [5.41, 5.74) is 2.06. The quantitative estimate of drug-likeness (QED) is 0.440. The average molecular weight is 587 g/mol. The molecule has 1 aliphatic heterocycles. The molecule has 0 fully saturated rings. The van der Waals surface area contributed by atoms with Crippen molar-refractivity contribution in [2.45, 2.75) is 31.8 Å². The number of rotatable bonds is 7. The number of aryl methyl sites for hydroxylation is 1. The molecule has 0 bridgehead atoms. The summed E-state index contributed by atoms with van der Waals surface area (Å²) in [7, 11) is 3.23. The van der Waals surface area contributed by atoms with Crippen LogP contribution < -0.4 is 20.1 Å². The van der Waals surface area contributed by atoms with Crippen molar-refractivity contribution in [3.63, 3.8) is 0 Å². The van der Waals surface area contributed by atoms with Crippen LogP contribution in [0.5, 0.6) is 11.5 Å². The first-order valence-electron chi connectivity index (χ1n) is 14.3. The van der Waals surface area contributed by atoms with Crippen LogP contribution in [-0.4, -0.2) is 85.9 Å². The number of benzene rings is 3. The van der Waals surface area contributed by atoms with Crippen LogP contribution in [0.4, 0.5) is 0 Å². The third-order valence-corrected chi connectivity index (χ3v) is 7.26. The van der Waals surface area contributed by atoms with Crippen LogP contribution in [0.1, 0.15) is 27.9 Å². The van der Waals surface area contributed by atoms with E-state index in [4.69, 9.17) is 9.47 Å². The van der Waals surface area contributed by atoms with Crippen molar-refractivity contribution in [1.82, 2.24) is 20.4 Å². The van der Waals surface area contributed by atoms with Crippen molar-refractivity contribution in [3.8, 4) is 11.5 Å². The van der Waals surface area contributed by atoms with Crippen LogP contribution in [0.15, 0.2) is 78.9 Å². The average Bonchev–Trinajstić information content (AvgIpc) is 3.00. The number of hydrogen-bond donors (Lipinski definition) is 2. The lowest BCUT2D eigenvalue weighted by molar-refractivity contribution is -0.137. The molecule has 1 aliphatic rings. The molecule has 10 nitrogen and oxygen atoms in total. The Hall–Kier alpha value is -4.86. The molecular weight excluding hydrogens is 548 g/mol. The summed E-state index contributed by atoms with van der Waals surface area (Å²) >= 11 is 0. The number of fused-ring (bicyclic) bond motifs is 1. The molecule has 0 saturated heterocycles. The Morgan fingerprint density at radius 3 is 2.44 bits per heavy atom. The molecule has 3 aromatic rings. The molecular formula is C33H38N4O6. The summed E-state index contributed by atoms with van der Waals surface area (Å²) in [6, 6.07) is 21.5. The number of nitrogens with one attached hydrogen (secondary N) is 2. The first kappa shape index (κ1) is 31.1. The van der Waals surface area contributed by atoms with Gasteiger partial charge in [-0.05, 0) is 36.2 Å². The van der Waals surface area contributed by atoms with Gasteiger partial charge in [0, 0.05) is 20.5 Å². The van der Waals surface area contributed by atoms with Crippen LogP contribution in [0.2, 0.25) is 0 Å². The minimum Gasteiger partial charge on any atom is -0.491 e. The van der Waals surface area contributed by atoms with Gasteiger partial charge in [0.25, 0.3) is 5.91 Å². The van der Waals surface area contributed by atoms with E-state index >= 15 is 0 Å². The lowest BCUT2D eigenvalue weighted by atomic mass is 10.0. The van der Waals surface area contributed by atoms with Gasteiger partial charge in [0.1, 0.15) is 36.8 Å². The molecule has 2 N–H and O–H groups in total. The van der Waals surface area contributed by atoms with Gasteiger partial charge in [0.15, 0.2) is 0 Å². The topological polar surface area (TPSA) is 117 Å². The second kappa shape index (κ2) is 14.9. The third-order valence-electron chi connectivity index (χ3n) is 7.26. The second-order valence-electron chi connectivity index (χ2n) is 10.5. The Kier molecular flexibility index (Phi) is 10.7. The Labute approximate surface area is 252 Å². The van der Waals surface area contributed by atoms with Gasteiger partial charge in [0.05, 0.1) is 25.1 Å². The van der Waals surface area contributed by atoms with Gasteiger partial charge < -0.3 is 29.9 Å². The van der Waals surface area contributed by atoms with E-state index in [0.717, 1.165) is 11.1 Å².